The third-order valence-corrected chi connectivity index (χ3v) is 4.44. The molecule has 22 heavy (non-hydrogen) atoms. The minimum atomic E-state index is 0.732. The van der Waals surface area contributed by atoms with E-state index in [9.17, 15) is 0 Å². The van der Waals surface area contributed by atoms with Gasteiger partial charge in [0.05, 0.1) is 0 Å². The molecule has 0 radical (unpaired) electrons. The number of ether oxygens (including phenoxy) is 1. The molecular formula is C19H22ClNO. The van der Waals surface area contributed by atoms with Crippen LogP contribution in [0.15, 0.2) is 54.6 Å². The highest BCUT2D eigenvalue weighted by Crippen LogP contribution is 2.22. The molecule has 1 unspecified atom stereocenters. The number of rotatable bonds is 6. The largest absolute Gasteiger partial charge is 0.492 e. The van der Waals surface area contributed by atoms with E-state index in [2.05, 4.69) is 17.0 Å². The van der Waals surface area contributed by atoms with Crippen molar-refractivity contribution in [1.82, 2.24) is 4.90 Å². The second kappa shape index (κ2) is 7.66. The number of hydrogen-bond acceptors (Lipinski definition) is 2. The van der Waals surface area contributed by atoms with Crippen LogP contribution in [0.5, 0.6) is 5.75 Å². The number of hydrogen-bond donors (Lipinski definition) is 0. The van der Waals surface area contributed by atoms with Gasteiger partial charge < -0.3 is 4.74 Å². The Morgan fingerprint density at radius 2 is 1.95 bits per heavy atom. The molecule has 1 fully saturated rings. The van der Waals surface area contributed by atoms with E-state index < -0.39 is 0 Å². The second-order valence-corrected chi connectivity index (χ2v) is 6.39. The molecule has 1 atom stereocenters. The first-order valence-electron chi connectivity index (χ1n) is 7.94. The Balaban J connectivity index is 1.41. The summed E-state index contributed by atoms with van der Waals surface area (Å²) in [5.74, 6) is 1.69. The maximum Gasteiger partial charge on any atom is 0.119 e. The van der Waals surface area contributed by atoms with E-state index in [1.54, 1.807) is 0 Å². The highest BCUT2D eigenvalue weighted by molar-refractivity contribution is 6.30. The van der Waals surface area contributed by atoms with Gasteiger partial charge in [0.2, 0.25) is 0 Å². The molecule has 1 saturated heterocycles. The Hall–Kier alpha value is -1.51. The van der Waals surface area contributed by atoms with Crippen LogP contribution in [0.2, 0.25) is 5.02 Å². The Labute approximate surface area is 137 Å². The monoisotopic (exact) mass is 315 g/mol. The van der Waals surface area contributed by atoms with Crippen LogP contribution in [0.4, 0.5) is 0 Å². The summed E-state index contributed by atoms with van der Waals surface area (Å²) in [6, 6.07) is 18.3. The zero-order valence-corrected chi connectivity index (χ0v) is 13.5. The fraction of sp³-hybridized carbons (Fsp3) is 0.368. The number of para-hydroxylation sites is 1. The maximum absolute atomic E-state index is 6.06. The summed E-state index contributed by atoms with van der Waals surface area (Å²) in [6.45, 7) is 4.09. The van der Waals surface area contributed by atoms with Crippen LogP contribution in [0.1, 0.15) is 12.0 Å². The summed E-state index contributed by atoms with van der Waals surface area (Å²) < 4.78 is 5.78. The first kappa shape index (κ1) is 15.4. The summed E-state index contributed by atoms with van der Waals surface area (Å²) in [7, 11) is 0. The molecule has 116 valence electrons. The molecular weight excluding hydrogens is 294 g/mol. The topological polar surface area (TPSA) is 12.5 Å². The van der Waals surface area contributed by atoms with Gasteiger partial charge in [-0.1, -0.05) is 41.9 Å². The molecule has 0 aliphatic carbocycles. The average molecular weight is 316 g/mol. The fourth-order valence-electron chi connectivity index (χ4n) is 3.09. The van der Waals surface area contributed by atoms with Gasteiger partial charge in [0, 0.05) is 18.1 Å². The summed E-state index contributed by atoms with van der Waals surface area (Å²) in [4.78, 5) is 2.50. The van der Waals surface area contributed by atoms with E-state index in [-0.39, 0.29) is 0 Å². The van der Waals surface area contributed by atoms with Gasteiger partial charge in [0.15, 0.2) is 0 Å². The lowest BCUT2D eigenvalue weighted by molar-refractivity contribution is 0.232. The lowest BCUT2D eigenvalue weighted by atomic mass is 9.99. The van der Waals surface area contributed by atoms with E-state index in [1.807, 2.05) is 42.5 Å². The number of nitrogens with zero attached hydrogens (tertiary/aromatic N) is 1. The smallest absolute Gasteiger partial charge is 0.119 e. The SMILES string of the molecule is Clc1cccc(CC2CCN(CCOc3ccccc3)C2)c1. The molecule has 0 N–H and O–H groups in total. The van der Waals surface area contributed by atoms with Crippen molar-refractivity contribution in [2.45, 2.75) is 12.8 Å². The first-order valence-corrected chi connectivity index (χ1v) is 8.32. The molecule has 3 heteroatoms. The van der Waals surface area contributed by atoms with Gasteiger partial charge in [0.1, 0.15) is 12.4 Å². The van der Waals surface area contributed by atoms with Crippen molar-refractivity contribution in [1.29, 1.82) is 0 Å². The predicted molar refractivity (Wildman–Crippen MR) is 91.6 cm³/mol. The van der Waals surface area contributed by atoms with Crippen molar-refractivity contribution in [2.75, 3.05) is 26.2 Å². The zero-order valence-electron chi connectivity index (χ0n) is 12.7. The van der Waals surface area contributed by atoms with Gasteiger partial charge >= 0.3 is 0 Å². The van der Waals surface area contributed by atoms with Crippen LogP contribution in [0, 0.1) is 5.92 Å². The van der Waals surface area contributed by atoms with Gasteiger partial charge in [-0.2, -0.15) is 0 Å². The predicted octanol–water partition coefficient (Wildman–Crippen LogP) is 4.28. The van der Waals surface area contributed by atoms with Crippen molar-refractivity contribution >= 4 is 11.6 Å². The van der Waals surface area contributed by atoms with Crippen LogP contribution >= 0.6 is 11.6 Å². The lowest BCUT2D eigenvalue weighted by Crippen LogP contribution is -2.26. The molecule has 0 saturated carbocycles. The molecule has 1 aliphatic heterocycles. The zero-order chi connectivity index (χ0) is 15.2. The summed E-state index contributed by atoms with van der Waals surface area (Å²) in [6.07, 6.45) is 2.38. The highest BCUT2D eigenvalue weighted by Gasteiger charge is 2.22. The van der Waals surface area contributed by atoms with Gasteiger partial charge in [-0.25, -0.2) is 0 Å². The van der Waals surface area contributed by atoms with Gasteiger partial charge in [0.25, 0.3) is 0 Å². The minimum Gasteiger partial charge on any atom is -0.492 e. The van der Waals surface area contributed by atoms with E-state index in [4.69, 9.17) is 16.3 Å². The molecule has 0 aromatic heterocycles. The molecule has 2 aromatic rings. The lowest BCUT2D eigenvalue weighted by Gasteiger charge is -2.16. The van der Waals surface area contributed by atoms with Crippen molar-refractivity contribution in [3.8, 4) is 5.75 Å². The van der Waals surface area contributed by atoms with Crippen LogP contribution in [-0.2, 0) is 6.42 Å². The van der Waals surface area contributed by atoms with E-state index >= 15 is 0 Å². The normalized spacial score (nSPS) is 18.5. The second-order valence-electron chi connectivity index (χ2n) is 5.95. The quantitative estimate of drug-likeness (QED) is 0.788. The van der Waals surface area contributed by atoms with Crippen molar-refractivity contribution < 1.29 is 4.74 Å². The van der Waals surface area contributed by atoms with Crippen LogP contribution in [0.3, 0.4) is 0 Å². The molecule has 1 aliphatic rings. The van der Waals surface area contributed by atoms with E-state index in [0.717, 1.165) is 42.8 Å². The number of benzene rings is 2. The van der Waals surface area contributed by atoms with Gasteiger partial charge in [-0.15, -0.1) is 0 Å². The van der Waals surface area contributed by atoms with E-state index in [1.165, 1.54) is 18.5 Å². The molecule has 0 amide bonds. The Morgan fingerprint density at radius 1 is 1.09 bits per heavy atom. The molecule has 3 rings (SSSR count). The summed E-state index contributed by atoms with van der Waals surface area (Å²) >= 11 is 6.06. The minimum absolute atomic E-state index is 0.732. The summed E-state index contributed by atoms with van der Waals surface area (Å²) in [5.41, 5.74) is 1.35. The standard InChI is InChI=1S/C19H22ClNO/c20-18-6-4-5-16(14-18)13-17-9-10-21(15-17)11-12-22-19-7-2-1-3-8-19/h1-8,14,17H,9-13,15H2. The molecule has 0 bridgehead atoms. The van der Waals surface area contributed by atoms with Crippen molar-refractivity contribution in [3.05, 3.63) is 65.2 Å². The summed E-state index contributed by atoms with van der Waals surface area (Å²) in [5, 5.41) is 0.837. The molecule has 0 spiro atoms. The fourth-order valence-corrected chi connectivity index (χ4v) is 3.30. The van der Waals surface area contributed by atoms with Gasteiger partial charge in [-0.05, 0) is 55.1 Å². The van der Waals surface area contributed by atoms with Crippen molar-refractivity contribution in [3.63, 3.8) is 0 Å². The first-order chi connectivity index (χ1) is 10.8. The third kappa shape index (κ3) is 4.49. The van der Waals surface area contributed by atoms with Crippen LogP contribution in [-0.4, -0.2) is 31.1 Å². The third-order valence-electron chi connectivity index (χ3n) is 4.20. The average Bonchev–Trinajstić information content (AvgIpc) is 2.96. The number of likely N-dealkylation sites (tertiary alicyclic amines) is 1. The van der Waals surface area contributed by atoms with Crippen molar-refractivity contribution in [2.24, 2.45) is 5.92 Å². The Bertz CT molecular complexity index is 587. The van der Waals surface area contributed by atoms with Gasteiger partial charge in [-0.3, -0.25) is 4.90 Å². The molecule has 1 heterocycles. The van der Waals surface area contributed by atoms with Crippen LogP contribution < -0.4 is 4.74 Å². The molecule has 2 aromatic carbocycles. The Kier molecular flexibility index (Phi) is 5.36. The van der Waals surface area contributed by atoms with E-state index in [0.29, 0.717) is 0 Å². The Morgan fingerprint density at radius 3 is 2.77 bits per heavy atom. The highest BCUT2D eigenvalue weighted by atomic mass is 35.5. The number of halogens is 1. The maximum atomic E-state index is 6.06. The van der Waals surface area contributed by atoms with Crippen LogP contribution in [0.25, 0.3) is 0 Å². The molecule has 2 nitrogen and oxygen atoms in total.